The van der Waals surface area contributed by atoms with E-state index in [9.17, 15) is 4.79 Å². The van der Waals surface area contributed by atoms with Crippen LogP contribution in [0.15, 0.2) is 0 Å². The fourth-order valence-corrected chi connectivity index (χ4v) is 0.330. The molecule has 0 aromatic rings. The molecule has 0 amide bonds. The lowest BCUT2D eigenvalue weighted by molar-refractivity contribution is -0.137. The summed E-state index contributed by atoms with van der Waals surface area (Å²) in [5.41, 5.74) is 5.04. The van der Waals surface area contributed by atoms with Crippen LogP contribution in [0.1, 0.15) is 31.1 Å². The third-order valence-corrected chi connectivity index (χ3v) is 0.691. The zero-order valence-electron chi connectivity index (χ0n) is 9.05. The van der Waals surface area contributed by atoms with E-state index < -0.39 is 31.7 Å². The van der Waals surface area contributed by atoms with E-state index in [0.29, 0.717) is 0 Å². The second-order valence-corrected chi connectivity index (χ2v) is 1.45. The Bertz CT molecular complexity index is 195. The predicted octanol–water partition coefficient (Wildman–Crippen LogP) is 0.590. The number of carbonyl (C=O) groups is 1. The maximum atomic E-state index is 10.1. The van der Waals surface area contributed by atoms with Crippen LogP contribution in [0.5, 0.6) is 0 Å². The predicted molar refractivity (Wildman–Crippen MR) is 35.2 cm³/mol. The highest BCUT2D eigenvalue weighted by molar-refractivity contribution is 5.66. The molecule has 0 radical (unpaired) electrons. The van der Waals surface area contributed by atoms with Crippen molar-refractivity contribution in [2.75, 3.05) is 6.54 Å². The van der Waals surface area contributed by atoms with E-state index in [-0.39, 0.29) is 6.42 Å². The third kappa shape index (κ3) is 7.43. The zero-order valence-corrected chi connectivity index (χ0v) is 5.05. The van der Waals surface area contributed by atoms with Crippen LogP contribution in [0.25, 0.3) is 0 Å². The number of rotatable bonds is 5. The molecule has 9 heavy (non-hydrogen) atoms. The molecule has 0 atom stereocenters. The van der Waals surface area contributed by atoms with Crippen molar-refractivity contribution in [3.63, 3.8) is 0 Å². The summed E-state index contributed by atoms with van der Waals surface area (Å²) in [5, 5.41) is 8.29. The Morgan fingerprint density at radius 1 is 1.67 bits per heavy atom. The number of hydrogen-bond donors (Lipinski definition) is 2. The number of carboxylic acids is 1. The molecule has 54 valence electrons. The lowest BCUT2D eigenvalue weighted by Crippen LogP contribution is -1.99. The largest absolute Gasteiger partial charge is 0.481 e. The zero-order chi connectivity index (χ0) is 10.7. The molecule has 0 fully saturated rings. The topological polar surface area (TPSA) is 63.3 Å². The van der Waals surface area contributed by atoms with Crippen LogP contribution in [-0.2, 0) is 4.79 Å². The van der Waals surface area contributed by atoms with Crippen LogP contribution >= 0.6 is 0 Å². The van der Waals surface area contributed by atoms with Gasteiger partial charge in [-0.1, -0.05) is 6.37 Å². The van der Waals surface area contributed by atoms with Crippen LogP contribution in [0.4, 0.5) is 0 Å². The Balaban J connectivity index is 4.30. The van der Waals surface area contributed by atoms with E-state index in [1.807, 2.05) is 0 Å². The molecule has 3 N–H and O–H groups in total. The normalized spacial score (nSPS) is 19.2. The lowest BCUT2D eigenvalue weighted by Gasteiger charge is -1.93. The molecule has 0 aliphatic carbocycles. The first-order valence-corrected chi connectivity index (χ1v) is 2.65. The Morgan fingerprint density at radius 3 is 2.78 bits per heavy atom. The highest BCUT2D eigenvalue weighted by Crippen LogP contribution is 1.97. The summed E-state index contributed by atoms with van der Waals surface area (Å²) in [6.45, 7) is -0.459. The highest BCUT2D eigenvalue weighted by atomic mass is 16.4. The van der Waals surface area contributed by atoms with Crippen molar-refractivity contribution in [1.29, 1.82) is 0 Å². The van der Waals surface area contributed by atoms with Crippen LogP contribution < -0.4 is 5.73 Å². The monoisotopic (exact) mass is 135 g/mol. The molecule has 0 unspecified atom stereocenters. The van der Waals surface area contributed by atoms with Gasteiger partial charge in [0, 0.05) is 11.9 Å². The summed E-state index contributed by atoms with van der Waals surface area (Å²) in [7, 11) is 0. The SMILES string of the molecule is [2H]C([2H])(CN)C([2H])([2H])CCC(=O)O. The number of nitrogens with two attached hydrogens (primary N) is 1. The first kappa shape index (κ1) is 3.56. The highest BCUT2D eigenvalue weighted by Gasteiger charge is 1.94. The Morgan fingerprint density at radius 2 is 2.33 bits per heavy atom. The molecule has 0 heterocycles. The van der Waals surface area contributed by atoms with Crippen LogP contribution in [-0.4, -0.2) is 17.6 Å². The van der Waals surface area contributed by atoms with E-state index in [4.69, 9.17) is 16.3 Å². The molecule has 3 heteroatoms. The standard InChI is InChI=1S/C6H13NO2/c7-5-3-1-2-4-6(8)9/h1-5,7H2,(H,8,9)/i1D2,3D2. The molecule has 0 aromatic carbocycles. The molecule has 0 rings (SSSR count). The summed E-state index contributed by atoms with van der Waals surface area (Å²) in [5.74, 6) is -1.14. The van der Waals surface area contributed by atoms with Gasteiger partial charge in [-0.2, -0.15) is 0 Å². The smallest absolute Gasteiger partial charge is 0.303 e. The average molecular weight is 135 g/mol. The average Bonchev–Trinajstić information content (AvgIpc) is 2.01. The molecule has 3 nitrogen and oxygen atoms in total. The van der Waals surface area contributed by atoms with E-state index in [1.165, 1.54) is 0 Å². The Labute approximate surface area is 60.5 Å². The number of aliphatic carboxylic acids is 1. The molecule has 0 spiro atoms. The van der Waals surface area contributed by atoms with Crippen molar-refractivity contribution in [1.82, 2.24) is 0 Å². The van der Waals surface area contributed by atoms with Gasteiger partial charge in [0.1, 0.15) is 0 Å². The number of hydrogen-bond acceptors (Lipinski definition) is 2. The van der Waals surface area contributed by atoms with Gasteiger partial charge in [0.2, 0.25) is 0 Å². The van der Waals surface area contributed by atoms with Gasteiger partial charge < -0.3 is 10.8 Å². The molecular weight excluding hydrogens is 118 g/mol. The van der Waals surface area contributed by atoms with Crippen molar-refractivity contribution in [2.24, 2.45) is 5.73 Å². The first-order valence-electron chi connectivity index (χ1n) is 4.65. The minimum absolute atomic E-state index is 0.369. The van der Waals surface area contributed by atoms with Crippen LogP contribution in [0.2, 0.25) is 0 Å². The van der Waals surface area contributed by atoms with Crippen LogP contribution in [0.3, 0.4) is 0 Å². The molecule has 0 aliphatic rings. The van der Waals surface area contributed by atoms with Gasteiger partial charge in [0.25, 0.3) is 0 Å². The van der Waals surface area contributed by atoms with Crippen LogP contribution in [0, 0.1) is 0 Å². The minimum atomic E-state index is -2.19. The van der Waals surface area contributed by atoms with Gasteiger partial charge in [-0.05, 0) is 19.3 Å². The Kier molecular flexibility index (Phi) is 2.20. The van der Waals surface area contributed by atoms with Gasteiger partial charge in [0.05, 0.1) is 0 Å². The molecule has 0 aromatic heterocycles. The van der Waals surface area contributed by atoms with Crippen molar-refractivity contribution in [3.8, 4) is 0 Å². The molecule has 0 saturated carbocycles. The Hall–Kier alpha value is -0.570. The molecule has 0 bridgehead atoms. The quantitative estimate of drug-likeness (QED) is 0.580. The molecular formula is C6H13NO2. The fourth-order valence-electron chi connectivity index (χ4n) is 0.330. The minimum Gasteiger partial charge on any atom is -0.481 e. The van der Waals surface area contributed by atoms with Gasteiger partial charge in [-0.3, -0.25) is 4.79 Å². The van der Waals surface area contributed by atoms with Gasteiger partial charge in [-0.25, -0.2) is 0 Å². The molecule has 0 saturated heterocycles. The second-order valence-electron chi connectivity index (χ2n) is 1.45. The maximum absolute atomic E-state index is 10.1. The summed E-state index contributed by atoms with van der Waals surface area (Å²) in [6, 6.07) is 0. The third-order valence-electron chi connectivity index (χ3n) is 0.691. The fraction of sp³-hybridized carbons (Fsp3) is 0.833. The van der Waals surface area contributed by atoms with E-state index >= 15 is 0 Å². The van der Waals surface area contributed by atoms with Crippen molar-refractivity contribution in [2.45, 2.75) is 25.6 Å². The van der Waals surface area contributed by atoms with Gasteiger partial charge >= 0.3 is 5.97 Å². The second kappa shape index (κ2) is 5.56. The summed E-state index contributed by atoms with van der Waals surface area (Å²) >= 11 is 0. The van der Waals surface area contributed by atoms with Crippen molar-refractivity contribution < 1.29 is 15.4 Å². The summed E-state index contributed by atoms with van der Waals surface area (Å²) in [6.07, 6.45) is -5.14. The van der Waals surface area contributed by atoms with E-state index in [1.54, 1.807) is 0 Å². The number of carboxylic acid groups (broad SMARTS) is 1. The summed E-state index contributed by atoms with van der Waals surface area (Å²) in [4.78, 5) is 10.1. The first-order chi connectivity index (χ1) is 5.73. The lowest BCUT2D eigenvalue weighted by atomic mass is 10.2. The van der Waals surface area contributed by atoms with Gasteiger partial charge in [-0.15, -0.1) is 0 Å². The van der Waals surface area contributed by atoms with Crippen molar-refractivity contribution in [3.05, 3.63) is 0 Å². The van der Waals surface area contributed by atoms with Gasteiger partial charge in [0.15, 0.2) is 0 Å². The van der Waals surface area contributed by atoms with E-state index in [2.05, 4.69) is 0 Å². The van der Waals surface area contributed by atoms with Crippen molar-refractivity contribution >= 4 is 5.97 Å². The van der Waals surface area contributed by atoms with E-state index in [0.717, 1.165) is 0 Å². The summed E-state index contributed by atoms with van der Waals surface area (Å²) < 4.78 is 28.9. The maximum Gasteiger partial charge on any atom is 0.303 e. The molecule has 0 aliphatic heterocycles.